The number of benzene rings is 2. The Labute approximate surface area is 190 Å². The molecule has 6 nitrogen and oxygen atoms in total. The summed E-state index contributed by atoms with van der Waals surface area (Å²) in [5.41, 5.74) is 7.54. The average Bonchev–Trinajstić information content (AvgIpc) is 3.33. The molecule has 2 N–H and O–H groups in total. The number of allylic oxidation sites excluding steroid dienone is 1. The molecular formula is C25H22N2O4S. The van der Waals surface area contributed by atoms with Crippen molar-refractivity contribution in [3.05, 3.63) is 87.4 Å². The molecule has 7 heteroatoms. The third-order valence-corrected chi connectivity index (χ3v) is 6.03. The van der Waals surface area contributed by atoms with Gasteiger partial charge in [0, 0.05) is 16.5 Å². The number of carbonyl (C=O) groups excluding carboxylic acids is 1. The zero-order chi connectivity index (χ0) is 22.5. The normalized spacial score (nSPS) is 14.8. The van der Waals surface area contributed by atoms with Gasteiger partial charge in [-0.15, -0.1) is 11.3 Å². The van der Waals surface area contributed by atoms with Crippen LogP contribution in [-0.4, -0.2) is 12.6 Å². The van der Waals surface area contributed by atoms with Crippen LogP contribution in [0.4, 0.5) is 0 Å². The summed E-state index contributed by atoms with van der Waals surface area (Å²) in [6.45, 7) is 2.61. The molecule has 0 saturated heterocycles. The summed E-state index contributed by atoms with van der Waals surface area (Å²) >= 11 is 1.54. The largest absolute Gasteiger partial charge is 0.493 e. The third-order valence-electron chi connectivity index (χ3n) is 5.09. The fraction of sp³-hybridized carbons (Fsp3) is 0.200. The van der Waals surface area contributed by atoms with E-state index in [4.69, 9.17) is 19.9 Å². The summed E-state index contributed by atoms with van der Waals surface area (Å²) in [7, 11) is 0. The van der Waals surface area contributed by atoms with Crippen LogP contribution in [0, 0.1) is 11.3 Å². The minimum Gasteiger partial charge on any atom is -0.493 e. The highest BCUT2D eigenvalue weighted by molar-refractivity contribution is 7.10. The molecule has 1 aromatic heterocycles. The van der Waals surface area contributed by atoms with Crippen LogP contribution in [0.1, 0.15) is 46.5 Å². The second-order valence-corrected chi connectivity index (χ2v) is 8.21. The zero-order valence-corrected chi connectivity index (χ0v) is 18.4. The van der Waals surface area contributed by atoms with Crippen molar-refractivity contribution in [2.45, 2.75) is 25.7 Å². The summed E-state index contributed by atoms with van der Waals surface area (Å²) in [5, 5.41) is 11.6. The Kier molecular flexibility index (Phi) is 6.43. The number of ether oxygens (including phenoxy) is 3. The molecule has 0 aliphatic carbocycles. The van der Waals surface area contributed by atoms with Gasteiger partial charge in [-0.3, -0.25) is 0 Å². The number of esters is 1. The number of nitrogens with two attached hydrogens (primary N) is 1. The van der Waals surface area contributed by atoms with Crippen molar-refractivity contribution in [2.75, 3.05) is 6.61 Å². The van der Waals surface area contributed by atoms with Crippen LogP contribution in [-0.2, 0) is 0 Å². The van der Waals surface area contributed by atoms with E-state index in [9.17, 15) is 10.1 Å². The first-order valence-corrected chi connectivity index (χ1v) is 11.2. The molecule has 1 unspecified atom stereocenters. The quantitative estimate of drug-likeness (QED) is 0.298. The van der Waals surface area contributed by atoms with Crippen molar-refractivity contribution in [3.63, 3.8) is 0 Å². The molecule has 2 heterocycles. The van der Waals surface area contributed by atoms with Gasteiger partial charge >= 0.3 is 5.97 Å². The van der Waals surface area contributed by atoms with Crippen LogP contribution in [0.3, 0.4) is 0 Å². The molecule has 0 radical (unpaired) electrons. The fourth-order valence-electron chi connectivity index (χ4n) is 3.50. The molecule has 0 amide bonds. The van der Waals surface area contributed by atoms with E-state index in [1.807, 2.05) is 23.6 Å². The Morgan fingerprint density at radius 2 is 2.06 bits per heavy atom. The number of hydrogen-bond acceptors (Lipinski definition) is 7. The number of para-hydroxylation sites is 1. The Hall–Kier alpha value is -3.76. The molecular weight excluding hydrogens is 424 g/mol. The zero-order valence-electron chi connectivity index (χ0n) is 17.5. The van der Waals surface area contributed by atoms with E-state index < -0.39 is 5.97 Å². The fourth-order valence-corrected chi connectivity index (χ4v) is 4.35. The van der Waals surface area contributed by atoms with Gasteiger partial charge in [0.05, 0.1) is 12.5 Å². The van der Waals surface area contributed by atoms with Crippen LogP contribution in [0.15, 0.2) is 71.4 Å². The molecule has 4 rings (SSSR count). The number of unbranched alkanes of at least 4 members (excludes halogenated alkanes) is 1. The maximum absolute atomic E-state index is 12.8. The monoisotopic (exact) mass is 446 g/mol. The Morgan fingerprint density at radius 3 is 2.81 bits per heavy atom. The van der Waals surface area contributed by atoms with Gasteiger partial charge in [-0.1, -0.05) is 37.6 Å². The van der Waals surface area contributed by atoms with Crippen molar-refractivity contribution < 1.29 is 19.0 Å². The van der Waals surface area contributed by atoms with Gasteiger partial charge < -0.3 is 19.9 Å². The van der Waals surface area contributed by atoms with Gasteiger partial charge in [0.15, 0.2) is 0 Å². The standard InChI is InChI=1S/C25H22N2O4S/c1-2-3-12-29-20-8-5-4-7-18(20)25(28)30-16-10-11-17-21(14-16)31-24(27)19(15-26)23(17)22-9-6-13-32-22/h4-11,13-14,23H,2-3,12,27H2,1H3. The SMILES string of the molecule is CCCCOc1ccccc1C(=O)Oc1ccc2c(c1)OC(N)=C(C#N)C2c1cccs1. The molecule has 0 fully saturated rings. The van der Waals surface area contributed by atoms with Gasteiger partial charge in [0.25, 0.3) is 0 Å². The van der Waals surface area contributed by atoms with Gasteiger partial charge in [-0.2, -0.15) is 5.26 Å². The first kappa shape index (κ1) is 21.5. The molecule has 162 valence electrons. The van der Waals surface area contributed by atoms with Crippen molar-refractivity contribution in [2.24, 2.45) is 5.73 Å². The van der Waals surface area contributed by atoms with E-state index in [0.29, 0.717) is 35.0 Å². The average molecular weight is 447 g/mol. The van der Waals surface area contributed by atoms with Gasteiger partial charge in [0.1, 0.15) is 34.5 Å². The molecule has 1 atom stereocenters. The summed E-state index contributed by atoms with van der Waals surface area (Å²) < 4.78 is 17.1. The molecule has 0 bridgehead atoms. The van der Waals surface area contributed by atoms with E-state index in [0.717, 1.165) is 23.3 Å². The number of thiophene rings is 1. The molecule has 3 aromatic rings. The van der Waals surface area contributed by atoms with Crippen molar-refractivity contribution in [3.8, 4) is 23.3 Å². The smallest absolute Gasteiger partial charge is 0.347 e. The van der Waals surface area contributed by atoms with E-state index in [1.54, 1.807) is 47.7 Å². The first-order valence-electron chi connectivity index (χ1n) is 10.3. The molecule has 32 heavy (non-hydrogen) atoms. The Balaban J connectivity index is 1.60. The van der Waals surface area contributed by atoms with E-state index in [1.165, 1.54) is 0 Å². The summed E-state index contributed by atoms with van der Waals surface area (Å²) in [4.78, 5) is 13.8. The minimum absolute atomic E-state index is 0.0524. The van der Waals surface area contributed by atoms with Gasteiger partial charge in [-0.25, -0.2) is 4.79 Å². The first-order chi connectivity index (χ1) is 15.6. The van der Waals surface area contributed by atoms with Crippen LogP contribution in [0.25, 0.3) is 0 Å². The topological polar surface area (TPSA) is 94.6 Å². The van der Waals surface area contributed by atoms with Crippen LogP contribution in [0.5, 0.6) is 17.2 Å². The maximum Gasteiger partial charge on any atom is 0.347 e. The number of hydrogen-bond donors (Lipinski definition) is 1. The lowest BCUT2D eigenvalue weighted by atomic mass is 9.88. The molecule has 0 saturated carbocycles. The minimum atomic E-state index is -0.524. The Bertz CT molecular complexity index is 1190. The number of nitriles is 1. The van der Waals surface area contributed by atoms with Gasteiger partial charge in [-0.05, 0) is 36.1 Å². The predicted molar refractivity (Wildman–Crippen MR) is 122 cm³/mol. The summed E-state index contributed by atoms with van der Waals surface area (Å²) in [6.07, 6.45) is 1.90. The second-order valence-electron chi connectivity index (χ2n) is 7.23. The highest BCUT2D eigenvalue weighted by atomic mass is 32.1. The van der Waals surface area contributed by atoms with Gasteiger partial charge in [0.2, 0.25) is 5.88 Å². The number of rotatable bonds is 7. The second kappa shape index (κ2) is 9.58. The lowest BCUT2D eigenvalue weighted by Crippen LogP contribution is -2.20. The number of fused-ring (bicyclic) bond motifs is 1. The van der Waals surface area contributed by atoms with Crippen molar-refractivity contribution in [1.29, 1.82) is 5.26 Å². The van der Waals surface area contributed by atoms with E-state index in [2.05, 4.69) is 13.0 Å². The predicted octanol–water partition coefficient (Wildman–Crippen LogP) is 5.36. The summed E-state index contributed by atoms with van der Waals surface area (Å²) in [5.74, 6) is 0.471. The highest BCUT2D eigenvalue weighted by Crippen LogP contribution is 2.44. The number of nitrogens with zero attached hydrogens (tertiary/aromatic N) is 1. The van der Waals surface area contributed by atoms with E-state index in [-0.39, 0.29) is 11.8 Å². The van der Waals surface area contributed by atoms with Crippen molar-refractivity contribution >= 4 is 17.3 Å². The van der Waals surface area contributed by atoms with E-state index >= 15 is 0 Å². The molecule has 0 spiro atoms. The number of carbonyl (C=O) groups is 1. The van der Waals surface area contributed by atoms with Crippen molar-refractivity contribution in [1.82, 2.24) is 0 Å². The van der Waals surface area contributed by atoms with Crippen LogP contribution in [0.2, 0.25) is 0 Å². The Morgan fingerprint density at radius 1 is 1.22 bits per heavy atom. The molecule has 1 aliphatic heterocycles. The lowest BCUT2D eigenvalue weighted by molar-refractivity contribution is 0.0730. The molecule has 1 aliphatic rings. The highest BCUT2D eigenvalue weighted by Gasteiger charge is 2.31. The lowest BCUT2D eigenvalue weighted by Gasteiger charge is -2.25. The van der Waals surface area contributed by atoms with Crippen LogP contribution < -0.4 is 19.9 Å². The van der Waals surface area contributed by atoms with Crippen LogP contribution >= 0.6 is 11.3 Å². The maximum atomic E-state index is 12.8. The molecule has 2 aromatic carbocycles. The summed E-state index contributed by atoms with van der Waals surface area (Å²) in [6, 6.07) is 18.2. The third kappa shape index (κ3) is 4.32.